The second-order valence-corrected chi connectivity index (χ2v) is 9.99. The molecule has 1 saturated heterocycles. The number of benzene rings is 1. The quantitative estimate of drug-likeness (QED) is 0.330. The number of thiocarbonyl (C=S) groups is 1. The number of rotatable bonds is 5. The molecule has 2 atom stereocenters. The van der Waals surface area contributed by atoms with Gasteiger partial charge in [-0.05, 0) is 92.0 Å². The summed E-state index contributed by atoms with van der Waals surface area (Å²) in [6.45, 7) is 10.8. The Labute approximate surface area is 212 Å². The molecule has 3 aromatic heterocycles. The van der Waals surface area contributed by atoms with Crippen LogP contribution < -0.4 is 10.2 Å². The summed E-state index contributed by atoms with van der Waals surface area (Å²) >= 11 is 5.92. The van der Waals surface area contributed by atoms with Gasteiger partial charge in [-0.3, -0.25) is 4.98 Å². The first-order valence-electron chi connectivity index (χ1n) is 12.1. The van der Waals surface area contributed by atoms with E-state index in [0.717, 1.165) is 34.2 Å². The van der Waals surface area contributed by atoms with Crippen LogP contribution in [0.15, 0.2) is 73.1 Å². The molecule has 35 heavy (non-hydrogen) atoms. The lowest BCUT2D eigenvalue weighted by Gasteiger charge is -2.28. The minimum Gasteiger partial charge on any atom is -0.351 e. The van der Waals surface area contributed by atoms with Crippen molar-refractivity contribution in [3.63, 3.8) is 0 Å². The number of hydrogen-bond donors (Lipinski definition) is 1. The molecule has 2 unspecified atom stereocenters. The molecule has 178 valence electrons. The van der Waals surface area contributed by atoms with Crippen molar-refractivity contribution in [2.45, 2.75) is 52.6 Å². The third kappa shape index (κ3) is 4.23. The zero-order chi connectivity index (χ0) is 24.7. The van der Waals surface area contributed by atoms with Crippen molar-refractivity contribution in [2.24, 2.45) is 0 Å². The van der Waals surface area contributed by atoms with Crippen LogP contribution in [0.2, 0.25) is 0 Å². The summed E-state index contributed by atoms with van der Waals surface area (Å²) in [6.07, 6.45) is 3.76. The maximum absolute atomic E-state index is 5.92. The standard InChI is InChI=1S/C29H31N5S/c1-18(2)22-10-12-23(13-11-22)34-28(27(32-29(34)35)25-8-6-7-15-30-25)24-16-20(4)33(21(24)5)26-14-9-19(3)17-31-26/h6-18,27-28H,1-5H3,(H,32,35). The molecule has 5 nitrogen and oxygen atoms in total. The first-order chi connectivity index (χ1) is 16.8. The normalized spacial score (nSPS) is 17.8. The monoisotopic (exact) mass is 481 g/mol. The van der Waals surface area contributed by atoms with E-state index < -0.39 is 0 Å². The first-order valence-corrected chi connectivity index (χ1v) is 12.5. The predicted octanol–water partition coefficient (Wildman–Crippen LogP) is 6.49. The SMILES string of the molecule is Cc1ccc(-n2c(C)cc(C3C(c4ccccn4)NC(=S)N3c3ccc(C(C)C)cc3)c2C)nc1. The molecule has 5 rings (SSSR count). The third-order valence-electron chi connectivity index (χ3n) is 6.85. The van der Waals surface area contributed by atoms with Gasteiger partial charge >= 0.3 is 0 Å². The van der Waals surface area contributed by atoms with Gasteiger partial charge in [0, 0.05) is 29.5 Å². The van der Waals surface area contributed by atoms with Crippen LogP contribution in [0.5, 0.6) is 0 Å². The van der Waals surface area contributed by atoms with Crippen LogP contribution in [-0.4, -0.2) is 19.6 Å². The summed E-state index contributed by atoms with van der Waals surface area (Å²) < 4.78 is 2.23. The summed E-state index contributed by atoms with van der Waals surface area (Å²) in [5.41, 5.74) is 8.01. The summed E-state index contributed by atoms with van der Waals surface area (Å²) in [5.74, 6) is 1.40. The summed E-state index contributed by atoms with van der Waals surface area (Å²) in [6, 6.07) is 21.1. The van der Waals surface area contributed by atoms with Gasteiger partial charge in [-0.1, -0.05) is 38.1 Å². The molecule has 0 saturated carbocycles. The number of aryl methyl sites for hydroxylation is 2. The largest absolute Gasteiger partial charge is 0.351 e. The van der Waals surface area contributed by atoms with Crippen molar-refractivity contribution in [1.29, 1.82) is 0 Å². The Morgan fingerprint density at radius 1 is 0.943 bits per heavy atom. The lowest BCUT2D eigenvalue weighted by atomic mass is 9.96. The van der Waals surface area contributed by atoms with Gasteiger partial charge in [0.05, 0.1) is 17.8 Å². The first kappa shape index (κ1) is 23.2. The van der Waals surface area contributed by atoms with E-state index in [4.69, 9.17) is 22.2 Å². The molecule has 0 aliphatic carbocycles. The topological polar surface area (TPSA) is 46.0 Å². The van der Waals surface area contributed by atoms with Crippen LogP contribution in [-0.2, 0) is 0 Å². The van der Waals surface area contributed by atoms with Gasteiger partial charge in [0.15, 0.2) is 5.11 Å². The van der Waals surface area contributed by atoms with E-state index in [9.17, 15) is 0 Å². The highest BCUT2D eigenvalue weighted by Crippen LogP contribution is 2.43. The molecular formula is C29H31N5S. The number of pyridine rings is 2. The summed E-state index contributed by atoms with van der Waals surface area (Å²) in [7, 11) is 0. The van der Waals surface area contributed by atoms with Gasteiger partial charge in [0.25, 0.3) is 0 Å². The second kappa shape index (κ2) is 9.27. The molecule has 0 bridgehead atoms. The van der Waals surface area contributed by atoms with Crippen LogP contribution in [0.1, 0.15) is 65.6 Å². The number of nitrogens with zero attached hydrogens (tertiary/aromatic N) is 4. The lowest BCUT2D eigenvalue weighted by Crippen LogP contribution is -2.29. The van der Waals surface area contributed by atoms with E-state index in [2.05, 4.69) is 97.9 Å². The minimum atomic E-state index is -0.0756. The Hall–Kier alpha value is -3.51. The molecule has 6 heteroatoms. The molecule has 0 radical (unpaired) electrons. The Kier molecular flexibility index (Phi) is 6.15. The summed E-state index contributed by atoms with van der Waals surface area (Å²) in [4.78, 5) is 11.6. The molecule has 1 aliphatic heterocycles. The molecule has 1 aliphatic rings. The average Bonchev–Trinajstić information content (AvgIpc) is 3.35. The van der Waals surface area contributed by atoms with Crippen molar-refractivity contribution in [3.8, 4) is 5.82 Å². The highest BCUT2D eigenvalue weighted by atomic mass is 32.1. The zero-order valence-electron chi connectivity index (χ0n) is 20.9. The maximum atomic E-state index is 5.92. The molecule has 0 spiro atoms. The van der Waals surface area contributed by atoms with Gasteiger partial charge < -0.3 is 14.8 Å². The lowest BCUT2D eigenvalue weighted by molar-refractivity contribution is 0.565. The van der Waals surface area contributed by atoms with E-state index >= 15 is 0 Å². The molecular weight excluding hydrogens is 450 g/mol. The van der Waals surface area contributed by atoms with Crippen molar-refractivity contribution >= 4 is 23.0 Å². The van der Waals surface area contributed by atoms with Crippen molar-refractivity contribution < 1.29 is 0 Å². The number of anilines is 1. The van der Waals surface area contributed by atoms with Crippen LogP contribution in [0.3, 0.4) is 0 Å². The predicted molar refractivity (Wildman–Crippen MR) is 146 cm³/mol. The maximum Gasteiger partial charge on any atom is 0.174 e. The van der Waals surface area contributed by atoms with Crippen molar-refractivity contribution in [2.75, 3.05) is 4.90 Å². The molecule has 4 heterocycles. The molecule has 0 amide bonds. The van der Waals surface area contributed by atoms with E-state index in [1.807, 2.05) is 24.5 Å². The van der Waals surface area contributed by atoms with Crippen LogP contribution in [0.25, 0.3) is 5.82 Å². The van der Waals surface area contributed by atoms with Gasteiger partial charge in [0.2, 0.25) is 0 Å². The van der Waals surface area contributed by atoms with Crippen LogP contribution in [0.4, 0.5) is 5.69 Å². The Morgan fingerprint density at radius 2 is 1.71 bits per heavy atom. The molecule has 1 fully saturated rings. The fraction of sp³-hybridized carbons (Fsp3) is 0.276. The van der Waals surface area contributed by atoms with E-state index in [-0.39, 0.29) is 12.1 Å². The van der Waals surface area contributed by atoms with Gasteiger partial charge in [-0.15, -0.1) is 0 Å². The number of hydrogen-bond acceptors (Lipinski definition) is 3. The van der Waals surface area contributed by atoms with Gasteiger partial charge in [-0.2, -0.15) is 0 Å². The van der Waals surface area contributed by atoms with Gasteiger partial charge in [0.1, 0.15) is 5.82 Å². The third-order valence-corrected chi connectivity index (χ3v) is 7.16. The summed E-state index contributed by atoms with van der Waals surface area (Å²) in [5, 5.41) is 4.29. The fourth-order valence-corrected chi connectivity index (χ4v) is 5.35. The van der Waals surface area contributed by atoms with E-state index in [1.54, 1.807) is 0 Å². The van der Waals surface area contributed by atoms with Gasteiger partial charge in [-0.25, -0.2) is 4.98 Å². The van der Waals surface area contributed by atoms with E-state index in [0.29, 0.717) is 11.0 Å². The Bertz CT molecular complexity index is 1340. The molecule has 1 N–H and O–H groups in total. The zero-order valence-corrected chi connectivity index (χ0v) is 21.7. The smallest absolute Gasteiger partial charge is 0.174 e. The Morgan fingerprint density at radius 3 is 2.34 bits per heavy atom. The molecule has 4 aromatic rings. The number of aromatic nitrogens is 3. The van der Waals surface area contributed by atoms with Crippen molar-refractivity contribution in [3.05, 3.63) is 107 Å². The number of nitrogens with one attached hydrogen (secondary N) is 1. The Balaban J connectivity index is 1.65. The van der Waals surface area contributed by atoms with Crippen LogP contribution in [0, 0.1) is 20.8 Å². The molecule has 1 aromatic carbocycles. The van der Waals surface area contributed by atoms with Crippen molar-refractivity contribution in [1.82, 2.24) is 19.9 Å². The highest BCUT2D eigenvalue weighted by molar-refractivity contribution is 7.80. The second-order valence-electron chi connectivity index (χ2n) is 9.60. The highest BCUT2D eigenvalue weighted by Gasteiger charge is 2.42. The van der Waals surface area contributed by atoms with Crippen LogP contribution >= 0.6 is 12.2 Å². The fourth-order valence-electron chi connectivity index (χ4n) is 5.00. The average molecular weight is 482 g/mol. The minimum absolute atomic E-state index is 0.0484. The van der Waals surface area contributed by atoms with E-state index in [1.165, 1.54) is 11.1 Å².